The standard InChI is InChI=1S/C17H21Cl4NO3/c1-2-8-25-22-7-4-3-5-9-24-17-14(18)11-13(12-15(17)19)23-10-6-16(20)21/h4,6-7,11-12,22H,2-3,5,8-10H2,1H3. The molecule has 0 atom stereocenters. The van der Waals surface area contributed by atoms with Gasteiger partial charge >= 0.3 is 0 Å². The molecule has 0 radical (unpaired) electrons. The lowest BCUT2D eigenvalue weighted by Gasteiger charge is -2.12. The predicted molar refractivity (Wildman–Crippen MR) is 105 cm³/mol. The Morgan fingerprint density at radius 1 is 1.12 bits per heavy atom. The zero-order chi connectivity index (χ0) is 18.5. The van der Waals surface area contributed by atoms with Crippen LogP contribution >= 0.6 is 46.4 Å². The van der Waals surface area contributed by atoms with E-state index in [-0.39, 0.29) is 11.1 Å². The molecule has 0 saturated heterocycles. The van der Waals surface area contributed by atoms with Gasteiger partial charge in [-0.3, -0.25) is 10.3 Å². The Bertz CT molecular complexity index is 552. The number of hydroxylamine groups is 1. The van der Waals surface area contributed by atoms with Gasteiger partial charge in [0.25, 0.3) is 0 Å². The fraction of sp³-hybridized carbons (Fsp3) is 0.412. The molecular formula is C17H21Cl4NO3. The van der Waals surface area contributed by atoms with Crippen molar-refractivity contribution >= 4 is 46.4 Å². The van der Waals surface area contributed by atoms with E-state index in [1.54, 1.807) is 18.3 Å². The third kappa shape index (κ3) is 10.1. The summed E-state index contributed by atoms with van der Waals surface area (Å²) < 4.78 is 11.2. The van der Waals surface area contributed by atoms with Crippen LogP contribution in [0, 0.1) is 0 Å². The Balaban J connectivity index is 2.37. The fourth-order valence-corrected chi connectivity index (χ4v) is 2.38. The van der Waals surface area contributed by atoms with Crippen LogP contribution < -0.4 is 15.0 Å². The van der Waals surface area contributed by atoms with Crippen LogP contribution in [-0.2, 0) is 4.84 Å². The van der Waals surface area contributed by atoms with Crippen molar-refractivity contribution in [2.24, 2.45) is 0 Å². The van der Waals surface area contributed by atoms with Gasteiger partial charge in [0.2, 0.25) is 0 Å². The number of hydrogen-bond acceptors (Lipinski definition) is 4. The molecule has 1 aromatic rings. The van der Waals surface area contributed by atoms with E-state index in [4.69, 9.17) is 60.7 Å². The summed E-state index contributed by atoms with van der Waals surface area (Å²) in [5, 5.41) is 0.766. The Morgan fingerprint density at radius 3 is 2.48 bits per heavy atom. The van der Waals surface area contributed by atoms with E-state index in [2.05, 4.69) is 5.48 Å². The molecule has 0 aliphatic rings. The first-order chi connectivity index (χ1) is 12.0. The monoisotopic (exact) mass is 427 g/mol. The van der Waals surface area contributed by atoms with Crippen LogP contribution in [0.1, 0.15) is 26.2 Å². The second-order valence-electron chi connectivity index (χ2n) is 4.88. The molecule has 8 heteroatoms. The average Bonchev–Trinajstić information content (AvgIpc) is 2.55. The van der Waals surface area contributed by atoms with Gasteiger partial charge in [0.1, 0.15) is 16.8 Å². The number of hydrogen-bond donors (Lipinski definition) is 1. The van der Waals surface area contributed by atoms with Crippen molar-refractivity contribution in [3.8, 4) is 11.5 Å². The zero-order valence-electron chi connectivity index (χ0n) is 13.9. The first kappa shape index (κ1) is 22.3. The molecule has 1 N–H and O–H groups in total. The van der Waals surface area contributed by atoms with Crippen molar-refractivity contribution in [1.82, 2.24) is 5.48 Å². The maximum Gasteiger partial charge on any atom is 0.156 e. The summed E-state index contributed by atoms with van der Waals surface area (Å²) in [5.74, 6) is 0.948. The number of nitrogens with one attached hydrogen (secondary N) is 1. The number of rotatable bonds is 12. The highest BCUT2D eigenvalue weighted by molar-refractivity contribution is 6.55. The summed E-state index contributed by atoms with van der Waals surface area (Å²) >= 11 is 23.4. The first-order valence-electron chi connectivity index (χ1n) is 7.82. The van der Waals surface area contributed by atoms with Gasteiger partial charge in [-0.25, -0.2) is 0 Å². The van der Waals surface area contributed by atoms with Crippen LogP contribution in [0.5, 0.6) is 11.5 Å². The van der Waals surface area contributed by atoms with Gasteiger partial charge in [-0.15, -0.1) is 0 Å². The molecule has 0 spiro atoms. The second kappa shape index (κ2) is 13.4. The second-order valence-corrected chi connectivity index (χ2v) is 6.70. The van der Waals surface area contributed by atoms with Crippen LogP contribution in [-0.4, -0.2) is 19.8 Å². The predicted octanol–water partition coefficient (Wildman–Crippen LogP) is 6.30. The summed E-state index contributed by atoms with van der Waals surface area (Å²) in [6, 6.07) is 3.27. The summed E-state index contributed by atoms with van der Waals surface area (Å²) in [4.78, 5) is 5.11. The molecular weight excluding hydrogens is 408 g/mol. The molecule has 1 rings (SSSR count). The lowest BCUT2D eigenvalue weighted by molar-refractivity contribution is 0.0716. The van der Waals surface area contributed by atoms with E-state index in [1.807, 2.05) is 13.0 Å². The van der Waals surface area contributed by atoms with Gasteiger partial charge < -0.3 is 9.47 Å². The highest BCUT2D eigenvalue weighted by Gasteiger charge is 2.10. The summed E-state index contributed by atoms with van der Waals surface area (Å²) in [6.45, 7) is 3.44. The van der Waals surface area contributed by atoms with Gasteiger partial charge in [-0.05, 0) is 25.3 Å². The highest BCUT2D eigenvalue weighted by atomic mass is 35.5. The quantitative estimate of drug-likeness (QED) is 0.313. The van der Waals surface area contributed by atoms with E-state index < -0.39 is 0 Å². The lowest BCUT2D eigenvalue weighted by atomic mass is 10.3. The summed E-state index contributed by atoms with van der Waals surface area (Å²) in [6.07, 6.45) is 7.88. The highest BCUT2D eigenvalue weighted by Crippen LogP contribution is 2.37. The van der Waals surface area contributed by atoms with E-state index >= 15 is 0 Å². The SMILES string of the molecule is CCCONC=CCCCOc1c(Cl)cc(OCC=C(Cl)Cl)cc1Cl. The van der Waals surface area contributed by atoms with Gasteiger partial charge in [-0.2, -0.15) is 0 Å². The topological polar surface area (TPSA) is 39.7 Å². The normalized spacial score (nSPS) is 10.8. The zero-order valence-corrected chi connectivity index (χ0v) is 16.9. The molecule has 0 heterocycles. The van der Waals surface area contributed by atoms with Gasteiger partial charge in [-0.1, -0.05) is 59.4 Å². The van der Waals surface area contributed by atoms with Gasteiger partial charge in [0, 0.05) is 18.3 Å². The van der Waals surface area contributed by atoms with Crippen molar-refractivity contribution in [2.75, 3.05) is 19.8 Å². The van der Waals surface area contributed by atoms with Crippen LogP contribution in [0.15, 0.2) is 35.0 Å². The molecule has 0 fully saturated rings. The van der Waals surface area contributed by atoms with E-state index in [1.165, 1.54) is 6.08 Å². The minimum absolute atomic E-state index is 0.137. The molecule has 0 amide bonds. The van der Waals surface area contributed by atoms with Gasteiger partial charge in [0.05, 0.1) is 23.3 Å². The molecule has 140 valence electrons. The molecule has 1 aromatic carbocycles. The maximum atomic E-state index is 6.19. The van der Waals surface area contributed by atoms with E-state index in [0.717, 1.165) is 19.3 Å². The van der Waals surface area contributed by atoms with Crippen molar-refractivity contribution in [1.29, 1.82) is 0 Å². The van der Waals surface area contributed by atoms with Crippen molar-refractivity contribution in [3.63, 3.8) is 0 Å². The van der Waals surface area contributed by atoms with Crippen LogP contribution in [0.3, 0.4) is 0 Å². The largest absolute Gasteiger partial charge is 0.490 e. The Kier molecular flexibility index (Phi) is 12.0. The molecule has 0 aliphatic carbocycles. The van der Waals surface area contributed by atoms with Crippen LogP contribution in [0.25, 0.3) is 0 Å². The molecule has 0 aromatic heterocycles. The summed E-state index contributed by atoms with van der Waals surface area (Å²) in [5.41, 5.74) is 2.74. The van der Waals surface area contributed by atoms with E-state index in [9.17, 15) is 0 Å². The number of allylic oxidation sites excluding steroid dienone is 1. The summed E-state index contributed by atoms with van der Waals surface area (Å²) in [7, 11) is 0. The smallest absolute Gasteiger partial charge is 0.156 e. The number of halogens is 4. The fourth-order valence-electron chi connectivity index (χ4n) is 1.67. The molecule has 25 heavy (non-hydrogen) atoms. The Labute approximate surface area is 168 Å². The average molecular weight is 429 g/mol. The third-order valence-corrected chi connectivity index (χ3v) is 3.67. The maximum absolute atomic E-state index is 6.19. The molecule has 0 bridgehead atoms. The molecule has 4 nitrogen and oxygen atoms in total. The Hall–Kier alpha value is -0.780. The molecule has 0 unspecified atom stereocenters. The minimum Gasteiger partial charge on any atom is -0.490 e. The van der Waals surface area contributed by atoms with Crippen molar-refractivity contribution in [3.05, 3.63) is 45.0 Å². The first-order valence-corrected chi connectivity index (χ1v) is 9.34. The minimum atomic E-state index is 0.137. The molecule has 0 aliphatic heterocycles. The molecule has 0 saturated carbocycles. The van der Waals surface area contributed by atoms with Crippen LogP contribution in [0.4, 0.5) is 0 Å². The van der Waals surface area contributed by atoms with Crippen molar-refractivity contribution < 1.29 is 14.3 Å². The van der Waals surface area contributed by atoms with Crippen molar-refractivity contribution in [2.45, 2.75) is 26.2 Å². The Morgan fingerprint density at radius 2 is 1.84 bits per heavy atom. The number of unbranched alkanes of at least 4 members (excludes halogenated alkanes) is 1. The number of ether oxygens (including phenoxy) is 2. The third-order valence-electron chi connectivity index (χ3n) is 2.80. The number of benzene rings is 1. The van der Waals surface area contributed by atoms with Gasteiger partial charge in [0.15, 0.2) is 5.75 Å². The lowest BCUT2D eigenvalue weighted by Crippen LogP contribution is -2.06. The van der Waals surface area contributed by atoms with E-state index in [0.29, 0.717) is 34.8 Å². The van der Waals surface area contributed by atoms with Crippen LogP contribution in [0.2, 0.25) is 10.0 Å².